The van der Waals surface area contributed by atoms with Gasteiger partial charge in [0, 0.05) is 19.8 Å². The summed E-state index contributed by atoms with van der Waals surface area (Å²) >= 11 is 0.978. The van der Waals surface area contributed by atoms with E-state index in [2.05, 4.69) is 4.74 Å². The minimum absolute atomic E-state index is 0.0128. The number of hydrogen-bond acceptors (Lipinski definition) is 7. The number of carbonyl (C=O) groups is 1. The Balaban J connectivity index is 3.19. The minimum atomic E-state index is -3.96. The van der Waals surface area contributed by atoms with E-state index in [-0.39, 0.29) is 22.1 Å². The lowest BCUT2D eigenvalue weighted by Crippen LogP contribution is -2.32. The maximum Gasteiger partial charge on any atom is 0.349 e. The lowest BCUT2D eigenvalue weighted by Gasteiger charge is -2.17. The molecule has 0 aromatic carbocycles. The van der Waals surface area contributed by atoms with E-state index >= 15 is 0 Å². The highest BCUT2D eigenvalue weighted by Gasteiger charge is 2.31. The molecule has 1 heterocycles. The molecule has 1 aromatic heterocycles. The van der Waals surface area contributed by atoms with Crippen LogP contribution in [0.2, 0.25) is 0 Å². The van der Waals surface area contributed by atoms with Crippen LogP contribution < -0.4 is 0 Å². The molecule has 0 saturated carbocycles. The summed E-state index contributed by atoms with van der Waals surface area (Å²) in [7, 11) is -4.80. The van der Waals surface area contributed by atoms with Crippen molar-refractivity contribution in [1.82, 2.24) is 4.31 Å². The van der Waals surface area contributed by atoms with Crippen LogP contribution in [0, 0.1) is 6.92 Å². The topological polar surface area (TPSA) is 97.8 Å². The Morgan fingerprint density at radius 1 is 1.33 bits per heavy atom. The van der Waals surface area contributed by atoms with E-state index in [1.165, 1.54) is 14.2 Å². The van der Waals surface area contributed by atoms with E-state index in [9.17, 15) is 21.6 Å². The van der Waals surface area contributed by atoms with E-state index in [0.717, 1.165) is 21.9 Å². The van der Waals surface area contributed by atoms with Crippen molar-refractivity contribution in [1.29, 1.82) is 0 Å². The first-order chi connectivity index (χ1) is 9.50. The summed E-state index contributed by atoms with van der Waals surface area (Å²) in [4.78, 5) is 11.5. The number of sulfonamides is 1. The molecule has 0 bridgehead atoms. The molecular weight excluding hydrogens is 338 g/mol. The van der Waals surface area contributed by atoms with Gasteiger partial charge in [-0.2, -0.15) is 4.31 Å². The molecule has 0 radical (unpaired) electrons. The van der Waals surface area contributed by atoms with Gasteiger partial charge in [-0.3, -0.25) is 0 Å². The Morgan fingerprint density at radius 3 is 2.38 bits per heavy atom. The number of esters is 1. The molecule has 10 heteroatoms. The maximum atomic E-state index is 12.5. The number of thiophene rings is 1. The van der Waals surface area contributed by atoms with Gasteiger partial charge < -0.3 is 4.74 Å². The van der Waals surface area contributed by atoms with Crippen LogP contribution in [0.4, 0.5) is 0 Å². The van der Waals surface area contributed by atoms with Gasteiger partial charge in [0.05, 0.1) is 12.9 Å². The van der Waals surface area contributed by atoms with Crippen LogP contribution in [0.15, 0.2) is 10.3 Å². The van der Waals surface area contributed by atoms with Crippen LogP contribution in [0.5, 0.6) is 0 Å². The fourth-order valence-electron chi connectivity index (χ4n) is 1.56. The van der Waals surface area contributed by atoms with Crippen molar-refractivity contribution < 1.29 is 26.4 Å². The first kappa shape index (κ1) is 18.1. The number of aryl methyl sites for hydroxylation is 1. The Morgan fingerprint density at radius 2 is 1.90 bits per heavy atom. The molecule has 120 valence electrons. The Kier molecular flexibility index (Phi) is 5.53. The number of nitrogens with zero attached hydrogens (tertiary/aromatic N) is 1. The zero-order chi connectivity index (χ0) is 16.4. The fraction of sp³-hybridized carbons (Fsp3) is 0.545. The largest absolute Gasteiger partial charge is 0.465 e. The van der Waals surface area contributed by atoms with Crippen LogP contribution in [0.25, 0.3) is 0 Å². The Hall–Kier alpha value is -0.970. The monoisotopic (exact) mass is 355 g/mol. The number of sulfone groups is 1. The second-order valence-corrected chi connectivity index (χ2v) is 9.65. The van der Waals surface area contributed by atoms with Crippen molar-refractivity contribution in [2.45, 2.75) is 11.8 Å². The van der Waals surface area contributed by atoms with Crippen molar-refractivity contribution in [3.05, 3.63) is 15.8 Å². The van der Waals surface area contributed by atoms with Gasteiger partial charge in [-0.15, -0.1) is 11.3 Å². The van der Waals surface area contributed by atoms with Gasteiger partial charge >= 0.3 is 5.97 Å². The molecular formula is C11H17NO6S3. The third kappa shape index (κ3) is 4.25. The summed E-state index contributed by atoms with van der Waals surface area (Å²) < 4.78 is 52.8. The summed E-state index contributed by atoms with van der Waals surface area (Å²) in [5, 5.41) is 1.55. The normalized spacial score (nSPS) is 12.6. The molecule has 1 aromatic rings. The predicted molar refractivity (Wildman–Crippen MR) is 79.9 cm³/mol. The molecule has 0 fully saturated rings. The molecule has 0 unspecified atom stereocenters. The summed E-state index contributed by atoms with van der Waals surface area (Å²) in [5.41, 5.74) is 0.423. The molecule has 0 aliphatic heterocycles. The second-order valence-electron chi connectivity index (χ2n) is 4.52. The third-order valence-corrected chi connectivity index (χ3v) is 6.91. The maximum absolute atomic E-state index is 12.5. The molecule has 0 aliphatic rings. The lowest BCUT2D eigenvalue weighted by molar-refractivity contribution is 0.0602. The fourth-order valence-corrected chi connectivity index (χ4v) is 5.10. The van der Waals surface area contributed by atoms with Gasteiger partial charge in [0.1, 0.15) is 19.6 Å². The van der Waals surface area contributed by atoms with Crippen LogP contribution in [-0.2, 0) is 24.6 Å². The van der Waals surface area contributed by atoms with Gasteiger partial charge in [-0.1, -0.05) is 0 Å². The zero-order valence-electron chi connectivity index (χ0n) is 12.1. The van der Waals surface area contributed by atoms with Crippen molar-refractivity contribution in [3.8, 4) is 0 Å². The third-order valence-electron chi connectivity index (χ3n) is 2.73. The molecule has 0 N–H and O–H groups in total. The van der Waals surface area contributed by atoms with E-state index in [1.807, 2.05) is 0 Å². The summed E-state index contributed by atoms with van der Waals surface area (Å²) in [6.45, 7) is 1.39. The predicted octanol–water partition coefficient (Wildman–Crippen LogP) is 0.508. The Labute approximate surface area is 128 Å². The molecule has 0 amide bonds. The van der Waals surface area contributed by atoms with Crippen LogP contribution in [0.1, 0.15) is 15.2 Å². The number of ether oxygens (including phenoxy) is 1. The summed E-state index contributed by atoms with van der Waals surface area (Å²) in [5.74, 6) is -1.03. The van der Waals surface area contributed by atoms with Gasteiger partial charge in [0.15, 0.2) is 0 Å². The van der Waals surface area contributed by atoms with Crippen molar-refractivity contribution in [2.24, 2.45) is 0 Å². The molecule has 0 atom stereocenters. The van der Waals surface area contributed by atoms with Crippen LogP contribution in [0.3, 0.4) is 0 Å². The number of carbonyl (C=O) groups excluding carboxylic acids is 1. The standard InChI is InChI=1S/C11H17NO6S3/c1-8-7-19-9(11(13)18-3)10(8)21(16,17)12(2)5-6-20(4,14)15/h7H,5-6H2,1-4H3. The minimum Gasteiger partial charge on any atom is -0.465 e. The van der Waals surface area contributed by atoms with Crippen molar-refractivity contribution in [2.75, 3.05) is 32.7 Å². The van der Waals surface area contributed by atoms with Crippen LogP contribution in [-0.4, -0.2) is 59.8 Å². The first-order valence-corrected chi connectivity index (χ1v) is 10.2. The molecule has 0 saturated heterocycles. The SMILES string of the molecule is COC(=O)c1scc(C)c1S(=O)(=O)N(C)CCS(C)(=O)=O. The second kappa shape index (κ2) is 6.42. The average molecular weight is 355 g/mol. The highest BCUT2D eigenvalue weighted by atomic mass is 32.2. The van der Waals surface area contributed by atoms with Crippen molar-refractivity contribution in [3.63, 3.8) is 0 Å². The Bertz CT molecular complexity index is 732. The smallest absolute Gasteiger partial charge is 0.349 e. The molecule has 1 rings (SSSR count). The number of rotatable bonds is 6. The van der Waals surface area contributed by atoms with E-state index in [1.54, 1.807) is 12.3 Å². The van der Waals surface area contributed by atoms with Gasteiger partial charge in [-0.05, 0) is 17.9 Å². The highest BCUT2D eigenvalue weighted by Crippen LogP contribution is 2.29. The van der Waals surface area contributed by atoms with E-state index < -0.39 is 25.8 Å². The summed E-state index contributed by atoms with van der Waals surface area (Å²) in [6, 6.07) is 0. The zero-order valence-corrected chi connectivity index (χ0v) is 14.6. The molecule has 7 nitrogen and oxygen atoms in total. The summed E-state index contributed by atoms with van der Waals surface area (Å²) in [6.07, 6.45) is 1.03. The lowest BCUT2D eigenvalue weighted by atomic mass is 10.3. The average Bonchev–Trinajstić information content (AvgIpc) is 2.76. The van der Waals surface area contributed by atoms with E-state index in [4.69, 9.17) is 0 Å². The molecule has 0 aliphatic carbocycles. The molecule has 21 heavy (non-hydrogen) atoms. The van der Waals surface area contributed by atoms with Crippen molar-refractivity contribution >= 4 is 37.2 Å². The van der Waals surface area contributed by atoms with Gasteiger partial charge in [0.2, 0.25) is 10.0 Å². The van der Waals surface area contributed by atoms with Crippen LogP contribution >= 0.6 is 11.3 Å². The number of methoxy groups -OCH3 is 1. The number of hydrogen-bond donors (Lipinski definition) is 0. The van der Waals surface area contributed by atoms with Gasteiger partial charge in [-0.25, -0.2) is 21.6 Å². The first-order valence-electron chi connectivity index (χ1n) is 5.81. The van der Waals surface area contributed by atoms with E-state index in [0.29, 0.717) is 5.56 Å². The highest BCUT2D eigenvalue weighted by molar-refractivity contribution is 7.91. The van der Waals surface area contributed by atoms with Gasteiger partial charge in [0.25, 0.3) is 0 Å². The quantitative estimate of drug-likeness (QED) is 0.690. The molecule has 0 spiro atoms.